The summed E-state index contributed by atoms with van der Waals surface area (Å²) in [4.78, 5) is 20.4. The van der Waals surface area contributed by atoms with Gasteiger partial charge in [0.25, 0.3) is 5.91 Å². The van der Waals surface area contributed by atoms with Gasteiger partial charge in [0.15, 0.2) is 12.2 Å². The van der Waals surface area contributed by atoms with E-state index in [1.54, 1.807) is 6.20 Å². The van der Waals surface area contributed by atoms with Gasteiger partial charge in [0.05, 0.1) is 6.20 Å². The van der Waals surface area contributed by atoms with Crippen molar-refractivity contribution in [3.63, 3.8) is 0 Å². The van der Waals surface area contributed by atoms with Crippen LogP contribution in [0.3, 0.4) is 0 Å². The van der Waals surface area contributed by atoms with Crippen LogP contribution >= 0.6 is 0 Å². The van der Waals surface area contributed by atoms with Gasteiger partial charge in [-0.25, -0.2) is 4.98 Å². The number of carbonyl (C=O) groups is 1. The lowest BCUT2D eigenvalue weighted by atomic mass is 9.97. The molecule has 0 bridgehead atoms. The maximum absolute atomic E-state index is 12.4. The van der Waals surface area contributed by atoms with Crippen molar-refractivity contribution in [1.29, 1.82) is 0 Å². The first-order valence-corrected chi connectivity index (χ1v) is 7.92. The van der Waals surface area contributed by atoms with Crippen molar-refractivity contribution in [3.05, 3.63) is 36.7 Å². The molecule has 120 valence electrons. The number of fused-ring (bicyclic) bond motifs is 1. The highest BCUT2D eigenvalue weighted by Gasteiger charge is 2.46. The molecule has 0 unspecified atom stereocenters. The first-order chi connectivity index (χ1) is 11.2. The van der Waals surface area contributed by atoms with Crippen LogP contribution in [0.5, 0.6) is 0 Å². The Labute approximate surface area is 134 Å². The fourth-order valence-electron chi connectivity index (χ4n) is 4.01. The predicted octanol–water partition coefficient (Wildman–Crippen LogP) is 1.45. The van der Waals surface area contributed by atoms with Crippen molar-refractivity contribution in [2.24, 2.45) is 11.8 Å². The number of hydrogen-bond acceptors (Lipinski definition) is 6. The molecule has 23 heavy (non-hydrogen) atoms. The molecule has 1 aliphatic heterocycles. The number of aromatic nitrogens is 3. The molecule has 2 fully saturated rings. The van der Waals surface area contributed by atoms with E-state index in [2.05, 4.69) is 27.1 Å². The lowest BCUT2D eigenvalue weighted by Crippen LogP contribution is -2.39. The maximum atomic E-state index is 12.4. The summed E-state index contributed by atoms with van der Waals surface area (Å²) in [5.74, 6) is 2.17. The minimum atomic E-state index is -0.0576. The number of oxazole rings is 1. The molecule has 4 rings (SSSR count). The molecule has 3 atom stereocenters. The number of carbonyl (C=O) groups excluding carboxylic acids is 1. The van der Waals surface area contributed by atoms with Crippen molar-refractivity contribution in [1.82, 2.24) is 20.1 Å². The standard InChI is InChI=1S/C16H19N5O2/c1-20(15-3-2-6-18-19-15)13-5-4-11-8-21(9-12(11)13)16(22)14-7-17-10-23-14/h2-3,6-7,10-13H,4-5,8-9H2,1H3/t11-,12+,13-/m1/s1. The first-order valence-electron chi connectivity index (χ1n) is 7.92. The highest BCUT2D eigenvalue weighted by molar-refractivity contribution is 5.91. The van der Waals surface area contributed by atoms with Gasteiger partial charge in [0.1, 0.15) is 0 Å². The molecule has 7 nitrogen and oxygen atoms in total. The number of rotatable bonds is 3. The van der Waals surface area contributed by atoms with E-state index in [0.29, 0.717) is 23.6 Å². The minimum Gasteiger partial charge on any atom is -0.438 e. The van der Waals surface area contributed by atoms with E-state index in [9.17, 15) is 4.79 Å². The Morgan fingerprint density at radius 3 is 3.04 bits per heavy atom. The number of amides is 1. The Hall–Kier alpha value is -2.44. The van der Waals surface area contributed by atoms with Gasteiger partial charge >= 0.3 is 0 Å². The van der Waals surface area contributed by atoms with Crippen LogP contribution in [0.4, 0.5) is 5.82 Å². The van der Waals surface area contributed by atoms with E-state index in [1.807, 2.05) is 17.0 Å². The Morgan fingerprint density at radius 2 is 2.30 bits per heavy atom. The van der Waals surface area contributed by atoms with E-state index < -0.39 is 0 Å². The SMILES string of the molecule is CN(c1cccnn1)[C@@H]1CC[C@@H]2CN(C(=O)c3cnco3)C[C@@H]21. The second kappa shape index (κ2) is 5.64. The normalized spacial score (nSPS) is 26.3. The summed E-state index contributed by atoms with van der Waals surface area (Å²) >= 11 is 0. The van der Waals surface area contributed by atoms with Crippen molar-refractivity contribution in [2.75, 3.05) is 25.0 Å². The lowest BCUT2D eigenvalue weighted by molar-refractivity contribution is 0.0747. The quantitative estimate of drug-likeness (QED) is 0.854. The summed E-state index contributed by atoms with van der Waals surface area (Å²) in [6.45, 7) is 1.56. The van der Waals surface area contributed by atoms with Crippen molar-refractivity contribution in [2.45, 2.75) is 18.9 Å². The monoisotopic (exact) mass is 313 g/mol. The molecule has 1 aliphatic carbocycles. The Balaban J connectivity index is 1.48. The first kappa shape index (κ1) is 14.2. The summed E-state index contributed by atoms with van der Waals surface area (Å²) in [5.41, 5.74) is 0. The molecule has 2 aliphatic rings. The van der Waals surface area contributed by atoms with Gasteiger partial charge in [0.2, 0.25) is 5.76 Å². The van der Waals surface area contributed by atoms with Gasteiger partial charge in [-0.3, -0.25) is 4.79 Å². The number of anilines is 1. The number of likely N-dealkylation sites (tertiary alicyclic amines) is 1. The zero-order valence-electron chi connectivity index (χ0n) is 13.0. The minimum absolute atomic E-state index is 0.0576. The van der Waals surface area contributed by atoms with E-state index in [0.717, 1.165) is 31.7 Å². The molecular weight excluding hydrogens is 294 g/mol. The van der Waals surface area contributed by atoms with E-state index >= 15 is 0 Å². The van der Waals surface area contributed by atoms with Crippen LogP contribution in [0.15, 0.2) is 35.3 Å². The summed E-state index contributed by atoms with van der Waals surface area (Å²) in [7, 11) is 2.07. The molecule has 7 heteroatoms. The van der Waals surface area contributed by atoms with E-state index in [4.69, 9.17) is 4.42 Å². The molecule has 1 saturated heterocycles. The average molecular weight is 313 g/mol. The number of hydrogen-bond donors (Lipinski definition) is 0. The van der Waals surface area contributed by atoms with Crippen LogP contribution in [0.1, 0.15) is 23.4 Å². The van der Waals surface area contributed by atoms with Gasteiger partial charge in [-0.05, 0) is 30.9 Å². The molecule has 3 heterocycles. The van der Waals surface area contributed by atoms with Gasteiger partial charge < -0.3 is 14.2 Å². The lowest BCUT2D eigenvalue weighted by Gasteiger charge is -2.30. The highest BCUT2D eigenvalue weighted by atomic mass is 16.3. The topological polar surface area (TPSA) is 75.4 Å². The highest BCUT2D eigenvalue weighted by Crippen LogP contribution is 2.41. The van der Waals surface area contributed by atoms with Gasteiger partial charge in [-0.15, -0.1) is 5.10 Å². The average Bonchev–Trinajstić information content (AvgIpc) is 3.30. The van der Waals surface area contributed by atoms with Crippen molar-refractivity contribution >= 4 is 11.7 Å². The van der Waals surface area contributed by atoms with Gasteiger partial charge in [-0.1, -0.05) is 0 Å². The van der Waals surface area contributed by atoms with Gasteiger partial charge in [0, 0.05) is 38.3 Å². The van der Waals surface area contributed by atoms with E-state index in [-0.39, 0.29) is 5.91 Å². The Kier molecular flexibility index (Phi) is 3.48. The Morgan fingerprint density at radius 1 is 1.39 bits per heavy atom. The summed E-state index contributed by atoms with van der Waals surface area (Å²) in [6, 6.07) is 4.27. The third-order valence-corrected chi connectivity index (χ3v) is 5.17. The molecule has 0 aromatic carbocycles. The van der Waals surface area contributed by atoms with Gasteiger partial charge in [-0.2, -0.15) is 5.10 Å². The van der Waals surface area contributed by atoms with Crippen LogP contribution < -0.4 is 4.90 Å². The van der Waals surface area contributed by atoms with Crippen LogP contribution in [-0.2, 0) is 0 Å². The predicted molar refractivity (Wildman–Crippen MR) is 82.8 cm³/mol. The fourth-order valence-corrected chi connectivity index (χ4v) is 4.01. The Bertz CT molecular complexity index is 675. The zero-order valence-corrected chi connectivity index (χ0v) is 13.0. The van der Waals surface area contributed by atoms with Crippen LogP contribution in [0, 0.1) is 11.8 Å². The summed E-state index contributed by atoms with van der Waals surface area (Å²) in [5, 5.41) is 8.17. The fraction of sp³-hybridized carbons (Fsp3) is 0.500. The molecule has 0 radical (unpaired) electrons. The summed E-state index contributed by atoms with van der Waals surface area (Å²) < 4.78 is 5.14. The van der Waals surface area contributed by atoms with Crippen molar-refractivity contribution in [3.8, 4) is 0 Å². The number of nitrogens with zero attached hydrogens (tertiary/aromatic N) is 5. The molecular formula is C16H19N5O2. The van der Waals surface area contributed by atoms with Crippen LogP contribution in [-0.4, -0.2) is 52.2 Å². The second-order valence-electron chi connectivity index (χ2n) is 6.34. The summed E-state index contributed by atoms with van der Waals surface area (Å²) in [6.07, 6.45) is 6.74. The second-order valence-corrected chi connectivity index (χ2v) is 6.34. The van der Waals surface area contributed by atoms with Crippen LogP contribution in [0.25, 0.3) is 0 Å². The molecule has 0 spiro atoms. The zero-order chi connectivity index (χ0) is 15.8. The molecule has 2 aromatic rings. The third-order valence-electron chi connectivity index (χ3n) is 5.17. The molecule has 2 aromatic heterocycles. The van der Waals surface area contributed by atoms with Crippen LogP contribution in [0.2, 0.25) is 0 Å². The van der Waals surface area contributed by atoms with E-state index in [1.165, 1.54) is 12.6 Å². The molecule has 1 amide bonds. The maximum Gasteiger partial charge on any atom is 0.291 e. The van der Waals surface area contributed by atoms with Crippen molar-refractivity contribution < 1.29 is 9.21 Å². The smallest absolute Gasteiger partial charge is 0.291 e. The third kappa shape index (κ3) is 2.46. The largest absolute Gasteiger partial charge is 0.438 e. The molecule has 1 saturated carbocycles. The molecule has 0 N–H and O–H groups in total.